The summed E-state index contributed by atoms with van der Waals surface area (Å²) in [6.07, 6.45) is 0.144. The first kappa shape index (κ1) is 7.89. The van der Waals surface area contributed by atoms with Crippen LogP contribution in [0.3, 0.4) is 0 Å². The van der Waals surface area contributed by atoms with Crippen LogP contribution in [-0.2, 0) is 0 Å². The fourth-order valence-electron chi connectivity index (χ4n) is 0.619. The fraction of sp³-hybridized carbons (Fsp3) is 1.00. The Kier molecular flexibility index (Phi) is 4.97. The van der Waals surface area contributed by atoms with Crippen LogP contribution in [0.15, 0.2) is 0 Å². The average Bonchev–Trinajstić information content (AvgIpc) is 2.24. The minimum atomic E-state index is -0.565. The smallest absolute Gasteiger partial charge is 0.114 e. The molecule has 2 heteroatoms. The first-order valence-electron chi connectivity index (χ1n) is 3.24. The van der Waals surface area contributed by atoms with Crippen molar-refractivity contribution < 1.29 is 4.39 Å². The van der Waals surface area contributed by atoms with Gasteiger partial charge in [-0.2, -0.15) is 0 Å². The molecule has 0 aromatic rings. The van der Waals surface area contributed by atoms with Gasteiger partial charge >= 0.3 is 0 Å². The van der Waals surface area contributed by atoms with Crippen molar-refractivity contribution in [2.75, 3.05) is 13.1 Å². The second kappa shape index (κ2) is 5.04. The molecular weight excluding hydrogens is 105 g/mol. The van der Waals surface area contributed by atoms with E-state index < -0.39 is 6.17 Å². The lowest BCUT2D eigenvalue weighted by Gasteiger charge is -1.86. The maximum Gasteiger partial charge on any atom is 0.114 e. The molecular formula is C6H14FN. The SMILES string of the molecule is CC.FC1CCNC1. The molecule has 0 amide bonds. The Morgan fingerprint density at radius 1 is 1.50 bits per heavy atom. The van der Waals surface area contributed by atoms with Gasteiger partial charge in [-0.05, 0) is 13.0 Å². The van der Waals surface area contributed by atoms with Crippen molar-refractivity contribution in [3.8, 4) is 0 Å². The Labute approximate surface area is 50.3 Å². The molecule has 8 heavy (non-hydrogen) atoms. The van der Waals surface area contributed by atoms with Gasteiger partial charge in [0, 0.05) is 6.54 Å². The summed E-state index contributed by atoms with van der Waals surface area (Å²) in [5.74, 6) is 0. The molecule has 0 aromatic heterocycles. The van der Waals surface area contributed by atoms with Gasteiger partial charge < -0.3 is 5.32 Å². The summed E-state index contributed by atoms with van der Waals surface area (Å²) in [5.41, 5.74) is 0. The largest absolute Gasteiger partial charge is 0.314 e. The maximum absolute atomic E-state index is 11.9. The van der Waals surface area contributed by atoms with Gasteiger partial charge in [0.1, 0.15) is 6.17 Å². The predicted octanol–water partition coefficient (Wildman–Crippen LogP) is 1.34. The quantitative estimate of drug-likeness (QED) is 0.507. The summed E-state index contributed by atoms with van der Waals surface area (Å²) < 4.78 is 11.9. The molecule has 0 saturated carbocycles. The van der Waals surface area contributed by atoms with Gasteiger partial charge in [-0.3, -0.25) is 0 Å². The Balaban J connectivity index is 0.000000222. The van der Waals surface area contributed by atoms with Crippen LogP contribution < -0.4 is 5.32 Å². The van der Waals surface area contributed by atoms with Crippen molar-refractivity contribution in [1.82, 2.24) is 5.32 Å². The van der Waals surface area contributed by atoms with Crippen molar-refractivity contribution >= 4 is 0 Å². The van der Waals surface area contributed by atoms with Crippen LogP contribution in [0.1, 0.15) is 20.3 Å². The molecule has 0 spiro atoms. The molecule has 1 atom stereocenters. The number of hydrogen-bond donors (Lipinski definition) is 1. The van der Waals surface area contributed by atoms with E-state index in [-0.39, 0.29) is 0 Å². The number of nitrogens with one attached hydrogen (secondary N) is 1. The van der Waals surface area contributed by atoms with Crippen molar-refractivity contribution in [1.29, 1.82) is 0 Å². The van der Waals surface area contributed by atoms with Crippen LogP contribution in [0.2, 0.25) is 0 Å². The Hall–Kier alpha value is -0.110. The predicted molar refractivity (Wildman–Crippen MR) is 33.7 cm³/mol. The molecule has 1 aliphatic heterocycles. The molecule has 1 rings (SSSR count). The number of alkyl halides is 1. The zero-order chi connectivity index (χ0) is 6.41. The van der Waals surface area contributed by atoms with E-state index in [1.165, 1.54) is 0 Å². The normalized spacial score (nSPS) is 26.6. The van der Waals surface area contributed by atoms with Crippen LogP contribution in [0, 0.1) is 0 Å². The van der Waals surface area contributed by atoms with E-state index >= 15 is 0 Å². The summed E-state index contributed by atoms with van der Waals surface area (Å²) in [4.78, 5) is 0. The highest BCUT2D eigenvalue weighted by Crippen LogP contribution is 1.99. The van der Waals surface area contributed by atoms with Crippen LogP contribution in [-0.4, -0.2) is 19.3 Å². The number of halogens is 1. The Bertz CT molecular complexity index is 41.8. The van der Waals surface area contributed by atoms with E-state index in [9.17, 15) is 4.39 Å². The van der Waals surface area contributed by atoms with E-state index in [0.29, 0.717) is 13.0 Å². The third kappa shape index (κ3) is 2.97. The lowest BCUT2D eigenvalue weighted by Crippen LogP contribution is -2.08. The summed E-state index contributed by atoms with van der Waals surface area (Å²) >= 11 is 0. The van der Waals surface area contributed by atoms with Gasteiger partial charge in [0.15, 0.2) is 0 Å². The third-order valence-electron chi connectivity index (χ3n) is 1.00. The first-order valence-corrected chi connectivity index (χ1v) is 3.24. The summed E-state index contributed by atoms with van der Waals surface area (Å²) in [6, 6.07) is 0. The Morgan fingerprint density at radius 2 is 2.12 bits per heavy atom. The average molecular weight is 119 g/mol. The molecule has 0 aliphatic carbocycles. The number of rotatable bonds is 0. The van der Waals surface area contributed by atoms with Crippen LogP contribution in [0.5, 0.6) is 0 Å². The second-order valence-corrected chi connectivity index (χ2v) is 1.59. The molecule has 1 nitrogen and oxygen atoms in total. The van der Waals surface area contributed by atoms with Gasteiger partial charge in [0.2, 0.25) is 0 Å². The maximum atomic E-state index is 11.9. The molecule has 1 N–H and O–H groups in total. The van der Waals surface area contributed by atoms with Crippen molar-refractivity contribution in [3.05, 3.63) is 0 Å². The summed E-state index contributed by atoms with van der Waals surface area (Å²) in [6.45, 7) is 5.43. The van der Waals surface area contributed by atoms with E-state index in [0.717, 1.165) is 6.54 Å². The zero-order valence-electron chi connectivity index (χ0n) is 5.58. The van der Waals surface area contributed by atoms with Gasteiger partial charge in [-0.15, -0.1) is 0 Å². The third-order valence-corrected chi connectivity index (χ3v) is 1.00. The Morgan fingerprint density at radius 3 is 2.25 bits per heavy atom. The van der Waals surface area contributed by atoms with Crippen LogP contribution >= 0.6 is 0 Å². The van der Waals surface area contributed by atoms with Crippen molar-refractivity contribution in [3.63, 3.8) is 0 Å². The molecule has 50 valence electrons. The molecule has 1 saturated heterocycles. The molecule has 0 bridgehead atoms. The highest BCUT2D eigenvalue weighted by Gasteiger charge is 2.10. The highest BCUT2D eigenvalue weighted by atomic mass is 19.1. The topological polar surface area (TPSA) is 12.0 Å². The first-order chi connectivity index (χ1) is 3.89. The standard InChI is InChI=1S/C4H8FN.C2H6/c5-4-1-2-6-3-4;1-2/h4,6H,1-3H2;1-2H3. The zero-order valence-corrected chi connectivity index (χ0v) is 5.58. The molecule has 1 aliphatic rings. The van der Waals surface area contributed by atoms with Crippen molar-refractivity contribution in [2.45, 2.75) is 26.4 Å². The minimum Gasteiger partial charge on any atom is -0.314 e. The van der Waals surface area contributed by atoms with Gasteiger partial charge in [-0.25, -0.2) is 4.39 Å². The molecule has 0 aromatic carbocycles. The molecule has 1 fully saturated rings. The summed E-state index contributed by atoms with van der Waals surface area (Å²) in [5, 5.41) is 2.90. The molecule has 1 heterocycles. The van der Waals surface area contributed by atoms with E-state index in [1.54, 1.807) is 0 Å². The van der Waals surface area contributed by atoms with Gasteiger partial charge in [0.05, 0.1) is 0 Å². The summed E-state index contributed by atoms with van der Waals surface area (Å²) in [7, 11) is 0. The van der Waals surface area contributed by atoms with E-state index in [2.05, 4.69) is 5.32 Å². The van der Waals surface area contributed by atoms with Gasteiger partial charge in [-0.1, -0.05) is 13.8 Å². The lowest BCUT2D eigenvalue weighted by molar-refractivity contribution is 0.361. The van der Waals surface area contributed by atoms with E-state index in [1.807, 2.05) is 13.8 Å². The highest BCUT2D eigenvalue weighted by molar-refractivity contribution is 4.68. The molecule has 1 unspecified atom stereocenters. The minimum absolute atomic E-state index is 0.565. The molecule has 0 radical (unpaired) electrons. The lowest BCUT2D eigenvalue weighted by atomic mass is 10.4. The monoisotopic (exact) mass is 119 g/mol. The van der Waals surface area contributed by atoms with Crippen LogP contribution in [0.4, 0.5) is 4.39 Å². The fourth-order valence-corrected chi connectivity index (χ4v) is 0.619. The number of hydrogen-bond acceptors (Lipinski definition) is 1. The van der Waals surface area contributed by atoms with E-state index in [4.69, 9.17) is 0 Å². The van der Waals surface area contributed by atoms with Crippen LogP contribution in [0.25, 0.3) is 0 Å². The second-order valence-electron chi connectivity index (χ2n) is 1.59. The van der Waals surface area contributed by atoms with Crippen molar-refractivity contribution in [2.24, 2.45) is 0 Å². The van der Waals surface area contributed by atoms with Gasteiger partial charge in [0.25, 0.3) is 0 Å².